The van der Waals surface area contributed by atoms with E-state index in [-0.39, 0.29) is 17.7 Å². The second kappa shape index (κ2) is 6.45. The van der Waals surface area contributed by atoms with E-state index in [9.17, 15) is 9.90 Å². The number of aromatic nitrogens is 4. The number of nitrogens with zero attached hydrogens (tertiary/aromatic N) is 4. The fraction of sp³-hybridized carbons (Fsp3) is 0.500. The predicted octanol–water partition coefficient (Wildman–Crippen LogP) is 0.803. The van der Waals surface area contributed by atoms with Crippen LogP contribution in [0.4, 0.5) is 0 Å². The number of rotatable bonds is 4. The maximum Gasteiger partial charge on any atom is 0.270 e. The number of amides is 1. The summed E-state index contributed by atoms with van der Waals surface area (Å²) in [4.78, 5) is 16.3. The lowest BCUT2D eigenvalue weighted by Crippen LogP contribution is -2.33. The molecule has 1 saturated carbocycles. The van der Waals surface area contributed by atoms with Gasteiger partial charge in [-0.25, -0.2) is 0 Å². The van der Waals surface area contributed by atoms with Crippen molar-refractivity contribution < 1.29 is 9.90 Å². The van der Waals surface area contributed by atoms with Crippen molar-refractivity contribution in [2.24, 2.45) is 13.0 Å². The molecule has 0 aliphatic heterocycles. The van der Waals surface area contributed by atoms with Crippen molar-refractivity contribution in [3.8, 4) is 0 Å². The second-order valence-electron chi connectivity index (χ2n) is 6.17. The number of aliphatic hydroxyl groups excluding tert-OH is 1. The van der Waals surface area contributed by atoms with Crippen molar-refractivity contribution in [2.45, 2.75) is 31.8 Å². The first kappa shape index (κ1) is 15.6. The van der Waals surface area contributed by atoms with E-state index in [0.717, 1.165) is 17.8 Å². The number of aryl methyl sites for hydroxylation is 2. The number of nitrogens with one attached hydrogen (secondary N) is 1. The van der Waals surface area contributed by atoms with Crippen LogP contribution in [0.3, 0.4) is 0 Å². The van der Waals surface area contributed by atoms with Gasteiger partial charge in [0.15, 0.2) is 0 Å². The van der Waals surface area contributed by atoms with Crippen LogP contribution in [-0.2, 0) is 7.05 Å². The Bertz CT molecular complexity index is 699. The Morgan fingerprint density at radius 1 is 1.48 bits per heavy atom. The Morgan fingerprint density at radius 2 is 2.30 bits per heavy atom. The highest BCUT2D eigenvalue weighted by molar-refractivity contribution is 5.93. The minimum Gasteiger partial charge on any atom is -0.393 e. The number of aliphatic hydroxyl groups is 1. The summed E-state index contributed by atoms with van der Waals surface area (Å²) in [5.74, 6) is 0.886. The monoisotopic (exact) mass is 315 g/mol. The molecule has 3 atom stereocenters. The standard InChI is InChI=1S/C16H21N5O2/c1-10-4-3-5-17-14(10)16(23)18-8-12-6-11(7-13(12)22)15-20-19-9-21(15)2/h3-5,9,11-13,22H,6-8H2,1-2H3,(H,18,23)/t11-,12+,13+/m0/s1. The molecule has 1 aliphatic rings. The molecule has 3 rings (SSSR count). The summed E-state index contributed by atoms with van der Waals surface area (Å²) in [5, 5.41) is 21.2. The van der Waals surface area contributed by atoms with Crippen LogP contribution in [0.1, 0.15) is 40.6 Å². The Kier molecular flexibility index (Phi) is 4.38. The molecule has 0 bridgehead atoms. The highest BCUT2D eigenvalue weighted by Gasteiger charge is 2.36. The van der Waals surface area contributed by atoms with Crippen LogP contribution in [0.25, 0.3) is 0 Å². The topological polar surface area (TPSA) is 92.9 Å². The number of hydrogen-bond donors (Lipinski definition) is 2. The molecule has 2 N–H and O–H groups in total. The van der Waals surface area contributed by atoms with E-state index < -0.39 is 6.10 Å². The molecule has 2 aromatic heterocycles. The summed E-state index contributed by atoms with van der Waals surface area (Å²) in [7, 11) is 1.90. The third-order valence-electron chi connectivity index (χ3n) is 4.52. The molecule has 0 aromatic carbocycles. The maximum atomic E-state index is 12.2. The van der Waals surface area contributed by atoms with Crippen molar-refractivity contribution in [1.29, 1.82) is 0 Å². The summed E-state index contributed by atoms with van der Waals surface area (Å²) < 4.78 is 1.88. The molecule has 0 spiro atoms. The van der Waals surface area contributed by atoms with E-state index in [2.05, 4.69) is 20.5 Å². The smallest absolute Gasteiger partial charge is 0.270 e. The molecule has 122 valence electrons. The Balaban J connectivity index is 1.60. The van der Waals surface area contributed by atoms with E-state index in [4.69, 9.17) is 0 Å². The van der Waals surface area contributed by atoms with Gasteiger partial charge in [-0.05, 0) is 31.4 Å². The molecule has 23 heavy (non-hydrogen) atoms. The fourth-order valence-electron chi connectivity index (χ4n) is 3.23. The minimum atomic E-state index is -0.443. The molecule has 1 amide bonds. The summed E-state index contributed by atoms with van der Waals surface area (Å²) in [6.07, 6.45) is 4.27. The van der Waals surface area contributed by atoms with Gasteiger partial charge in [-0.3, -0.25) is 9.78 Å². The number of carbonyl (C=O) groups is 1. The minimum absolute atomic E-state index is 0.0182. The van der Waals surface area contributed by atoms with Crippen molar-refractivity contribution in [1.82, 2.24) is 25.1 Å². The van der Waals surface area contributed by atoms with Gasteiger partial charge in [0.25, 0.3) is 5.91 Å². The van der Waals surface area contributed by atoms with Gasteiger partial charge in [-0.1, -0.05) is 6.07 Å². The molecule has 7 heteroatoms. The first-order valence-electron chi connectivity index (χ1n) is 7.78. The molecule has 7 nitrogen and oxygen atoms in total. The van der Waals surface area contributed by atoms with Crippen LogP contribution in [-0.4, -0.2) is 43.4 Å². The fourth-order valence-corrected chi connectivity index (χ4v) is 3.23. The molecule has 0 unspecified atom stereocenters. The molecule has 1 aliphatic carbocycles. The first-order valence-corrected chi connectivity index (χ1v) is 7.78. The van der Waals surface area contributed by atoms with Crippen molar-refractivity contribution >= 4 is 5.91 Å². The zero-order valence-electron chi connectivity index (χ0n) is 13.3. The van der Waals surface area contributed by atoms with Gasteiger partial charge in [0, 0.05) is 31.6 Å². The molecular formula is C16H21N5O2. The normalized spacial score (nSPS) is 23.9. The van der Waals surface area contributed by atoms with Crippen molar-refractivity contribution in [2.75, 3.05) is 6.54 Å². The average Bonchev–Trinajstić information content (AvgIpc) is 3.11. The third kappa shape index (κ3) is 3.24. The van der Waals surface area contributed by atoms with Gasteiger partial charge in [-0.2, -0.15) is 0 Å². The zero-order valence-corrected chi connectivity index (χ0v) is 13.3. The van der Waals surface area contributed by atoms with E-state index >= 15 is 0 Å². The maximum absolute atomic E-state index is 12.2. The van der Waals surface area contributed by atoms with Gasteiger partial charge >= 0.3 is 0 Å². The molecule has 2 heterocycles. The van der Waals surface area contributed by atoms with Crippen LogP contribution in [0.15, 0.2) is 24.7 Å². The molecular weight excluding hydrogens is 294 g/mol. The van der Waals surface area contributed by atoms with E-state index in [1.807, 2.05) is 24.6 Å². The molecule has 0 saturated heterocycles. The summed E-state index contributed by atoms with van der Waals surface area (Å²) in [5.41, 5.74) is 1.28. The largest absolute Gasteiger partial charge is 0.393 e. The highest BCUT2D eigenvalue weighted by Crippen LogP contribution is 2.37. The van der Waals surface area contributed by atoms with Gasteiger partial charge < -0.3 is 15.0 Å². The average molecular weight is 315 g/mol. The summed E-state index contributed by atoms with van der Waals surface area (Å²) in [6, 6.07) is 3.66. The zero-order chi connectivity index (χ0) is 16.4. The number of hydrogen-bond acceptors (Lipinski definition) is 5. The Hall–Kier alpha value is -2.28. The summed E-state index contributed by atoms with van der Waals surface area (Å²) >= 11 is 0. The molecule has 0 radical (unpaired) electrons. The number of carbonyl (C=O) groups excluding carboxylic acids is 1. The third-order valence-corrected chi connectivity index (χ3v) is 4.52. The lowest BCUT2D eigenvalue weighted by Gasteiger charge is -2.15. The first-order chi connectivity index (χ1) is 11.1. The predicted molar refractivity (Wildman–Crippen MR) is 83.8 cm³/mol. The quantitative estimate of drug-likeness (QED) is 0.870. The van der Waals surface area contributed by atoms with E-state index in [1.54, 1.807) is 18.6 Å². The van der Waals surface area contributed by atoms with Gasteiger partial charge in [0.2, 0.25) is 0 Å². The van der Waals surface area contributed by atoms with Crippen molar-refractivity contribution in [3.63, 3.8) is 0 Å². The Labute approximate surface area is 134 Å². The summed E-state index contributed by atoms with van der Waals surface area (Å²) in [6.45, 7) is 2.29. The van der Waals surface area contributed by atoms with Crippen LogP contribution < -0.4 is 5.32 Å². The lowest BCUT2D eigenvalue weighted by molar-refractivity contribution is 0.0911. The van der Waals surface area contributed by atoms with Crippen LogP contribution in [0, 0.1) is 12.8 Å². The van der Waals surface area contributed by atoms with E-state index in [0.29, 0.717) is 18.7 Å². The SMILES string of the molecule is Cc1cccnc1C(=O)NC[C@H]1C[C@H](c2nncn2C)C[C@H]1O. The van der Waals surface area contributed by atoms with Crippen LogP contribution in [0.2, 0.25) is 0 Å². The lowest BCUT2D eigenvalue weighted by atomic mass is 10.0. The molecule has 2 aromatic rings. The number of pyridine rings is 1. The Morgan fingerprint density at radius 3 is 3.00 bits per heavy atom. The van der Waals surface area contributed by atoms with Gasteiger partial charge in [-0.15, -0.1) is 10.2 Å². The van der Waals surface area contributed by atoms with Gasteiger partial charge in [0.1, 0.15) is 17.8 Å². The van der Waals surface area contributed by atoms with E-state index in [1.165, 1.54) is 0 Å². The second-order valence-corrected chi connectivity index (χ2v) is 6.17. The van der Waals surface area contributed by atoms with Crippen LogP contribution >= 0.6 is 0 Å². The van der Waals surface area contributed by atoms with Gasteiger partial charge in [0.05, 0.1) is 6.10 Å². The highest BCUT2D eigenvalue weighted by atomic mass is 16.3. The van der Waals surface area contributed by atoms with Crippen LogP contribution in [0.5, 0.6) is 0 Å². The van der Waals surface area contributed by atoms with Crippen molar-refractivity contribution in [3.05, 3.63) is 41.7 Å². The molecule has 1 fully saturated rings.